The van der Waals surface area contributed by atoms with Crippen molar-refractivity contribution in [1.29, 1.82) is 0 Å². The summed E-state index contributed by atoms with van der Waals surface area (Å²) in [7, 11) is 0. The third kappa shape index (κ3) is 7.24. The molecule has 0 radical (unpaired) electrons. The zero-order chi connectivity index (χ0) is 40.8. The van der Waals surface area contributed by atoms with Crippen LogP contribution in [0.15, 0.2) is 30.4 Å². The van der Waals surface area contributed by atoms with E-state index in [1.807, 2.05) is 0 Å². The lowest BCUT2D eigenvalue weighted by Crippen LogP contribution is -2.67. The number of amides is 2. The predicted octanol–water partition coefficient (Wildman–Crippen LogP) is 10.5. The van der Waals surface area contributed by atoms with Crippen molar-refractivity contribution in [3.05, 3.63) is 41.7 Å². The van der Waals surface area contributed by atoms with E-state index in [0.29, 0.717) is 42.6 Å². The number of fused-ring (bicyclic) bond motifs is 7. The molecule has 0 aromatic heterocycles. The molecule has 6 rings (SSSR count). The Morgan fingerprint density at radius 2 is 1.55 bits per heavy atom. The first-order valence-corrected chi connectivity index (χ1v) is 21.8. The highest BCUT2D eigenvalue weighted by Crippen LogP contribution is 2.77. The van der Waals surface area contributed by atoms with Crippen molar-refractivity contribution >= 4 is 29.4 Å². The van der Waals surface area contributed by atoms with Crippen molar-refractivity contribution in [2.24, 2.45) is 56.7 Å². The Bertz CT molecular complexity index is 1710. The van der Waals surface area contributed by atoms with Gasteiger partial charge >= 0.3 is 11.9 Å². The normalized spacial score (nSPS) is 36.9. The van der Waals surface area contributed by atoms with Gasteiger partial charge in [0.05, 0.1) is 16.7 Å². The van der Waals surface area contributed by atoms with Gasteiger partial charge in [0, 0.05) is 25.3 Å². The average molecular weight is 777 g/mol. The predicted molar refractivity (Wildman–Crippen MR) is 217 cm³/mol. The van der Waals surface area contributed by atoms with Crippen LogP contribution in [0.4, 0.5) is 10.1 Å². The number of benzene rings is 1. The summed E-state index contributed by atoms with van der Waals surface area (Å²) in [5.41, 5.74) is 1.17. The summed E-state index contributed by atoms with van der Waals surface area (Å²) in [4.78, 5) is 50.5. The molecule has 56 heavy (non-hydrogen) atoms. The van der Waals surface area contributed by atoms with Crippen molar-refractivity contribution in [2.75, 3.05) is 11.9 Å². The van der Waals surface area contributed by atoms with E-state index < -0.39 is 11.8 Å². The zero-order valence-corrected chi connectivity index (χ0v) is 35.3. The molecule has 3 N–H and O–H groups in total. The third-order valence-electron chi connectivity index (χ3n) is 17.1. The van der Waals surface area contributed by atoms with Crippen LogP contribution < -0.4 is 10.6 Å². The summed E-state index contributed by atoms with van der Waals surface area (Å²) in [5, 5.41) is 15.4. The van der Waals surface area contributed by atoms with Gasteiger partial charge < -0.3 is 20.5 Å². The molecule has 0 heterocycles. The molecule has 5 saturated carbocycles. The SMILES string of the molecule is C=C(C)[C@@H]1CC[C@]2(C(=O)NCCCCCCCC(=O)Nc3ccc(F)cc3C(=O)O)CC[C@]3(C)[C@H](CCC4[C@@]5(C)CC[C@H](OC(C)=O)C(C)(C)[C@@H]5CC[C@]43C)[C@@H]12. The molecule has 0 bridgehead atoms. The number of ether oxygens (including phenoxy) is 1. The van der Waals surface area contributed by atoms with Crippen LogP contribution in [0, 0.1) is 62.5 Å². The minimum atomic E-state index is -1.29. The van der Waals surface area contributed by atoms with Gasteiger partial charge in [0.25, 0.3) is 0 Å². The van der Waals surface area contributed by atoms with Crippen molar-refractivity contribution in [3.8, 4) is 0 Å². The minimum absolute atomic E-state index is 0.0245. The number of carbonyl (C=O) groups excluding carboxylic acids is 3. The molecule has 10 atom stereocenters. The van der Waals surface area contributed by atoms with E-state index in [-0.39, 0.29) is 68.6 Å². The van der Waals surface area contributed by atoms with E-state index >= 15 is 0 Å². The van der Waals surface area contributed by atoms with Crippen LogP contribution in [-0.2, 0) is 19.1 Å². The molecule has 1 unspecified atom stereocenters. The first-order valence-electron chi connectivity index (χ1n) is 21.8. The second-order valence-corrected chi connectivity index (χ2v) is 20.1. The number of hydrogen-bond donors (Lipinski definition) is 3. The number of halogens is 1. The largest absolute Gasteiger partial charge is 0.478 e. The lowest BCUT2D eigenvalue weighted by Gasteiger charge is -2.72. The Morgan fingerprint density at radius 3 is 2.25 bits per heavy atom. The van der Waals surface area contributed by atoms with Crippen LogP contribution in [-0.4, -0.2) is 41.5 Å². The van der Waals surface area contributed by atoms with Gasteiger partial charge in [0.2, 0.25) is 11.8 Å². The molecule has 9 heteroatoms. The Balaban J connectivity index is 1.05. The number of nitrogens with one attached hydrogen (secondary N) is 2. The number of carboxylic acid groups (broad SMARTS) is 1. The van der Waals surface area contributed by atoms with Crippen LogP contribution in [0.5, 0.6) is 0 Å². The van der Waals surface area contributed by atoms with Crippen LogP contribution in [0.25, 0.3) is 0 Å². The summed E-state index contributed by atoms with van der Waals surface area (Å²) in [6, 6.07) is 3.32. The Labute approximate surface area is 334 Å². The fourth-order valence-corrected chi connectivity index (χ4v) is 14.3. The Kier molecular flexibility index (Phi) is 12.0. The van der Waals surface area contributed by atoms with Gasteiger partial charge in [-0.05, 0) is 148 Å². The maximum absolute atomic E-state index is 14.5. The Morgan fingerprint density at radius 1 is 0.839 bits per heavy atom. The monoisotopic (exact) mass is 777 g/mol. The highest BCUT2D eigenvalue weighted by molar-refractivity contribution is 6.00. The molecular formula is C47H69FN2O6. The number of anilines is 1. The summed E-state index contributed by atoms with van der Waals surface area (Å²) in [6.45, 7) is 21.4. The molecule has 1 aromatic rings. The second-order valence-electron chi connectivity index (χ2n) is 20.1. The number of unbranched alkanes of at least 4 members (excludes halogenated alkanes) is 4. The molecule has 0 aliphatic heterocycles. The first-order chi connectivity index (χ1) is 26.3. The maximum atomic E-state index is 14.5. The van der Waals surface area contributed by atoms with Crippen molar-refractivity contribution < 1.29 is 33.4 Å². The molecule has 1 aromatic carbocycles. The molecule has 8 nitrogen and oxygen atoms in total. The maximum Gasteiger partial charge on any atom is 0.337 e. The van der Waals surface area contributed by atoms with Crippen LogP contribution in [0.1, 0.15) is 162 Å². The summed E-state index contributed by atoms with van der Waals surface area (Å²) in [5.74, 6) is 0.116. The second kappa shape index (κ2) is 15.8. The van der Waals surface area contributed by atoms with Crippen LogP contribution in [0.3, 0.4) is 0 Å². The van der Waals surface area contributed by atoms with Crippen LogP contribution in [0.2, 0.25) is 0 Å². The molecule has 0 saturated heterocycles. The van der Waals surface area contributed by atoms with E-state index in [1.54, 1.807) is 6.92 Å². The number of carboxylic acids is 1. The van der Waals surface area contributed by atoms with E-state index in [9.17, 15) is 28.7 Å². The molecule has 0 spiro atoms. The minimum Gasteiger partial charge on any atom is -0.478 e. The lowest BCUT2D eigenvalue weighted by atomic mass is 9.32. The number of esters is 1. The zero-order valence-electron chi connectivity index (χ0n) is 35.3. The van der Waals surface area contributed by atoms with Crippen molar-refractivity contribution in [1.82, 2.24) is 5.32 Å². The standard InChI is InChI=1S/C47H69FN2O6/c1-29(2)32-19-24-47(42(55)49-27-13-11-9-10-12-14-39(52)50-35-17-15-31(48)28-33(35)41(53)54)26-25-45(7)34(40(32)47)16-18-37-44(6)22-21-38(56-30(3)51)43(4,5)36(44)20-23-46(37,45)8/h15,17,28,32,34,36-38,40H,1,9-14,16,18-27H2,2-8H3,(H,49,55)(H,50,52)(H,53,54)/t32-,34+,36-,37?,38-,40+,44-,45+,46+,47-/m0/s1. The molecule has 5 aliphatic rings. The van der Waals surface area contributed by atoms with E-state index in [4.69, 9.17) is 4.74 Å². The fraction of sp³-hybridized carbons (Fsp3) is 0.745. The third-order valence-corrected chi connectivity index (χ3v) is 17.1. The lowest BCUT2D eigenvalue weighted by molar-refractivity contribution is -0.248. The van der Waals surface area contributed by atoms with Gasteiger partial charge in [-0.1, -0.05) is 66.0 Å². The first kappa shape index (κ1) is 42.4. The topological polar surface area (TPSA) is 122 Å². The van der Waals surface area contributed by atoms with Gasteiger partial charge in [0.1, 0.15) is 11.9 Å². The summed E-state index contributed by atoms with van der Waals surface area (Å²) < 4.78 is 19.4. The van der Waals surface area contributed by atoms with Gasteiger partial charge in [-0.15, -0.1) is 0 Å². The summed E-state index contributed by atoms with van der Waals surface area (Å²) in [6.07, 6.45) is 15.3. The van der Waals surface area contributed by atoms with Gasteiger partial charge in [-0.2, -0.15) is 0 Å². The molecule has 5 aliphatic carbocycles. The highest BCUT2D eigenvalue weighted by Gasteiger charge is 2.72. The highest BCUT2D eigenvalue weighted by atomic mass is 19.1. The summed E-state index contributed by atoms with van der Waals surface area (Å²) >= 11 is 0. The van der Waals surface area contributed by atoms with E-state index in [0.717, 1.165) is 82.8 Å². The van der Waals surface area contributed by atoms with Gasteiger partial charge in [0.15, 0.2) is 0 Å². The average Bonchev–Trinajstić information content (AvgIpc) is 3.53. The molecular weight excluding hydrogens is 708 g/mol. The van der Waals surface area contributed by atoms with Crippen LogP contribution >= 0.6 is 0 Å². The number of rotatable bonds is 13. The number of aromatic carboxylic acids is 1. The molecule has 310 valence electrons. The van der Waals surface area contributed by atoms with Gasteiger partial charge in [-0.25, -0.2) is 9.18 Å². The number of allylic oxidation sites excluding steroid dienone is 1. The van der Waals surface area contributed by atoms with E-state index in [1.165, 1.54) is 30.9 Å². The smallest absolute Gasteiger partial charge is 0.337 e. The van der Waals surface area contributed by atoms with Crippen molar-refractivity contribution in [3.63, 3.8) is 0 Å². The fourth-order valence-electron chi connectivity index (χ4n) is 14.3. The number of carbonyl (C=O) groups is 4. The Hall–Kier alpha value is -3.23. The molecule has 2 amide bonds. The molecule has 5 fully saturated rings. The van der Waals surface area contributed by atoms with Gasteiger partial charge in [-0.3, -0.25) is 14.4 Å². The van der Waals surface area contributed by atoms with Crippen molar-refractivity contribution in [2.45, 2.75) is 157 Å². The van der Waals surface area contributed by atoms with E-state index in [2.05, 4.69) is 58.8 Å². The quantitative estimate of drug-likeness (QED) is 0.104. The number of hydrogen-bond acceptors (Lipinski definition) is 5.